The summed E-state index contributed by atoms with van der Waals surface area (Å²) in [7, 11) is 1.32. The van der Waals surface area contributed by atoms with Crippen molar-refractivity contribution in [3.05, 3.63) is 70.7 Å². The number of carbonyl (C=O) groups is 2. The second-order valence-corrected chi connectivity index (χ2v) is 5.06. The number of ether oxygens (including phenoxy) is 1. The Morgan fingerprint density at radius 3 is 2.43 bits per heavy atom. The summed E-state index contributed by atoms with van der Waals surface area (Å²) < 4.78 is 4.81. The van der Waals surface area contributed by atoms with Crippen LogP contribution >= 0.6 is 11.6 Å². The maximum atomic E-state index is 12.3. The molecule has 0 fully saturated rings. The summed E-state index contributed by atoms with van der Waals surface area (Å²) in [4.78, 5) is 24.3. The first kappa shape index (κ1) is 15.3. The zero-order valence-corrected chi connectivity index (χ0v) is 12.3. The molecule has 0 unspecified atom stereocenters. The Hall–Kier alpha value is -2.13. The van der Waals surface area contributed by atoms with Crippen LogP contribution in [-0.2, 0) is 9.53 Å². The fraction of sp³-hybridized carbons (Fsp3) is 0.176. The van der Waals surface area contributed by atoms with Gasteiger partial charge in [0.15, 0.2) is 5.78 Å². The van der Waals surface area contributed by atoms with Gasteiger partial charge in [-0.15, -0.1) is 0 Å². The second kappa shape index (κ2) is 7.04. The van der Waals surface area contributed by atoms with Gasteiger partial charge in [0, 0.05) is 17.0 Å². The van der Waals surface area contributed by atoms with E-state index >= 15 is 0 Å². The van der Waals surface area contributed by atoms with E-state index in [4.69, 9.17) is 16.3 Å². The molecule has 2 aromatic rings. The monoisotopic (exact) mass is 302 g/mol. The van der Waals surface area contributed by atoms with E-state index in [0.29, 0.717) is 10.6 Å². The number of hydrogen-bond donors (Lipinski definition) is 0. The Kier molecular flexibility index (Phi) is 5.12. The van der Waals surface area contributed by atoms with E-state index in [2.05, 4.69) is 0 Å². The lowest BCUT2D eigenvalue weighted by Gasteiger charge is -2.14. The summed E-state index contributed by atoms with van der Waals surface area (Å²) in [5, 5.41) is 0.496. The highest BCUT2D eigenvalue weighted by Gasteiger charge is 2.25. The molecule has 0 aliphatic rings. The molecule has 0 heterocycles. The van der Waals surface area contributed by atoms with Crippen molar-refractivity contribution < 1.29 is 14.3 Å². The molecule has 2 aromatic carbocycles. The van der Waals surface area contributed by atoms with Gasteiger partial charge in [-0.3, -0.25) is 9.59 Å². The Morgan fingerprint density at radius 2 is 1.81 bits per heavy atom. The van der Waals surface area contributed by atoms with Gasteiger partial charge in [-0.2, -0.15) is 0 Å². The average molecular weight is 303 g/mol. The molecule has 4 heteroatoms. The highest BCUT2D eigenvalue weighted by Crippen LogP contribution is 2.24. The number of carbonyl (C=O) groups excluding carboxylic acids is 2. The van der Waals surface area contributed by atoms with Gasteiger partial charge in [-0.1, -0.05) is 54.1 Å². The third kappa shape index (κ3) is 3.92. The first-order chi connectivity index (χ1) is 10.1. The van der Waals surface area contributed by atoms with Gasteiger partial charge in [-0.25, -0.2) is 0 Å². The zero-order chi connectivity index (χ0) is 15.2. The third-order valence-corrected chi connectivity index (χ3v) is 3.46. The number of esters is 1. The summed E-state index contributed by atoms with van der Waals surface area (Å²) in [6.07, 6.45) is 0.0526. The Morgan fingerprint density at radius 1 is 1.10 bits per heavy atom. The molecule has 0 spiro atoms. The van der Waals surface area contributed by atoms with Crippen LogP contribution in [0.1, 0.15) is 28.3 Å². The molecule has 0 aliphatic carbocycles. The van der Waals surface area contributed by atoms with E-state index in [1.54, 1.807) is 24.3 Å². The van der Waals surface area contributed by atoms with Crippen molar-refractivity contribution in [2.75, 3.05) is 7.11 Å². The Labute approximate surface area is 128 Å². The maximum absolute atomic E-state index is 12.3. The van der Waals surface area contributed by atoms with Crippen LogP contribution in [-0.4, -0.2) is 18.9 Å². The molecule has 0 aliphatic heterocycles. The van der Waals surface area contributed by atoms with Gasteiger partial charge >= 0.3 is 5.97 Å². The van der Waals surface area contributed by atoms with Crippen molar-refractivity contribution in [3.8, 4) is 0 Å². The van der Waals surface area contributed by atoms with E-state index in [1.807, 2.05) is 30.3 Å². The topological polar surface area (TPSA) is 43.4 Å². The summed E-state index contributed by atoms with van der Waals surface area (Å²) in [5.74, 6) is -1.17. The predicted molar refractivity (Wildman–Crippen MR) is 81.6 cm³/mol. The second-order valence-electron chi connectivity index (χ2n) is 4.62. The fourth-order valence-electron chi connectivity index (χ4n) is 2.13. The van der Waals surface area contributed by atoms with E-state index in [-0.39, 0.29) is 12.2 Å². The largest absolute Gasteiger partial charge is 0.469 e. The van der Waals surface area contributed by atoms with Crippen LogP contribution in [0.5, 0.6) is 0 Å². The molecule has 0 saturated heterocycles. The SMILES string of the molecule is COC(=O)[C@H](CC(=O)c1cccc(Cl)c1)c1ccccc1. The highest BCUT2D eigenvalue weighted by molar-refractivity contribution is 6.31. The van der Waals surface area contributed by atoms with Gasteiger partial charge in [0.1, 0.15) is 0 Å². The number of Topliss-reactive ketones (excluding diaryl/α,β-unsaturated/α-hetero) is 1. The maximum Gasteiger partial charge on any atom is 0.313 e. The molecule has 21 heavy (non-hydrogen) atoms. The van der Waals surface area contributed by atoms with E-state index < -0.39 is 11.9 Å². The quantitative estimate of drug-likeness (QED) is 0.622. The van der Waals surface area contributed by atoms with Crippen LogP contribution in [0.15, 0.2) is 54.6 Å². The minimum absolute atomic E-state index is 0.0526. The van der Waals surface area contributed by atoms with E-state index in [0.717, 1.165) is 5.56 Å². The molecule has 0 radical (unpaired) electrons. The molecule has 3 nitrogen and oxygen atoms in total. The average Bonchev–Trinajstić information content (AvgIpc) is 2.52. The van der Waals surface area contributed by atoms with Crippen LogP contribution in [0.25, 0.3) is 0 Å². The minimum atomic E-state index is -0.609. The standard InChI is InChI=1S/C17H15ClO3/c1-21-17(20)15(12-6-3-2-4-7-12)11-16(19)13-8-5-9-14(18)10-13/h2-10,15H,11H2,1H3/t15-/m1/s1. The molecule has 108 valence electrons. The molecule has 2 rings (SSSR count). The van der Waals surface area contributed by atoms with Gasteiger partial charge in [0.05, 0.1) is 13.0 Å². The lowest BCUT2D eigenvalue weighted by Crippen LogP contribution is -2.18. The van der Waals surface area contributed by atoms with Crippen molar-refractivity contribution in [1.82, 2.24) is 0 Å². The fourth-order valence-corrected chi connectivity index (χ4v) is 2.32. The molecule has 0 amide bonds. The van der Waals surface area contributed by atoms with Crippen LogP contribution in [0.3, 0.4) is 0 Å². The normalized spacial score (nSPS) is 11.7. The molecule has 0 saturated carbocycles. The van der Waals surface area contributed by atoms with Crippen LogP contribution in [0.4, 0.5) is 0 Å². The van der Waals surface area contributed by atoms with Crippen LogP contribution in [0, 0.1) is 0 Å². The summed E-state index contributed by atoms with van der Waals surface area (Å²) in [6, 6.07) is 15.8. The molecule has 1 atom stereocenters. The highest BCUT2D eigenvalue weighted by atomic mass is 35.5. The predicted octanol–water partition coefficient (Wildman–Crippen LogP) is 3.87. The number of benzene rings is 2. The van der Waals surface area contributed by atoms with Gasteiger partial charge in [0.2, 0.25) is 0 Å². The first-order valence-electron chi connectivity index (χ1n) is 6.53. The zero-order valence-electron chi connectivity index (χ0n) is 11.6. The number of methoxy groups -OCH3 is 1. The number of ketones is 1. The van der Waals surface area contributed by atoms with Crippen LogP contribution in [0.2, 0.25) is 5.02 Å². The van der Waals surface area contributed by atoms with Crippen molar-refractivity contribution >= 4 is 23.4 Å². The van der Waals surface area contributed by atoms with Crippen molar-refractivity contribution in [3.63, 3.8) is 0 Å². The molecule has 0 aromatic heterocycles. The van der Waals surface area contributed by atoms with Crippen molar-refractivity contribution in [2.24, 2.45) is 0 Å². The van der Waals surface area contributed by atoms with Crippen LogP contribution < -0.4 is 0 Å². The van der Waals surface area contributed by atoms with Gasteiger partial charge < -0.3 is 4.74 Å². The number of rotatable bonds is 5. The first-order valence-corrected chi connectivity index (χ1v) is 6.91. The van der Waals surface area contributed by atoms with E-state index in [9.17, 15) is 9.59 Å². The lowest BCUT2D eigenvalue weighted by atomic mass is 9.91. The summed E-state index contributed by atoms with van der Waals surface area (Å²) >= 11 is 5.89. The summed E-state index contributed by atoms with van der Waals surface area (Å²) in [5.41, 5.74) is 1.26. The van der Waals surface area contributed by atoms with Crippen molar-refractivity contribution in [2.45, 2.75) is 12.3 Å². The van der Waals surface area contributed by atoms with Gasteiger partial charge in [-0.05, 0) is 17.7 Å². The van der Waals surface area contributed by atoms with E-state index in [1.165, 1.54) is 7.11 Å². The molecular weight excluding hydrogens is 288 g/mol. The molecule has 0 bridgehead atoms. The molecular formula is C17H15ClO3. The third-order valence-electron chi connectivity index (χ3n) is 3.22. The smallest absolute Gasteiger partial charge is 0.313 e. The Bertz CT molecular complexity index is 637. The van der Waals surface area contributed by atoms with Crippen molar-refractivity contribution in [1.29, 1.82) is 0 Å². The van der Waals surface area contributed by atoms with Gasteiger partial charge in [0.25, 0.3) is 0 Å². The number of halogens is 1. The summed E-state index contributed by atoms with van der Waals surface area (Å²) in [6.45, 7) is 0. The lowest BCUT2D eigenvalue weighted by molar-refractivity contribution is -0.142. The number of hydrogen-bond acceptors (Lipinski definition) is 3. The Balaban J connectivity index is 2.23. The minimum Gasteiger partial charge on any atom is -0.469 e. The molecule has 0 N–H and O–H groups in total.